The molecule has 24 heavy (non-hydrogen) atoms. The van der Waals surface area contributed by atoms with Crippen LogP contribution in [-0.4, -0.2) is 4.89 Å². The molecule has 0 fully saturated rings. The van der Waals surface area contributed by atoms with Crippen molar-refractivity contribution in [3.8, 4) is 0 Å². The van der Waals surface area contributed by atoms with Crippen molar-refractivity contribution in [1.29, 1.82) is 0 Å². The van der Waals surface area contributed by atoms with E-state index in [4.69, 9.17) is 4.52 Å². The molecular formula is C20H20O3P. The first-order chi connectivity index (χ1) is 11.4. The van der Waals surface area contributed by atoms with Gasteiger partial charge >= 0.3 is 7.60 Å². The van der Waals surface area contributed by atoms with Gasteiger partial charge in [-0.2, -0.15) is 0 Å². The van der Waals surface area contributed by atoms with Crippen molar-refractivity contribution in [1.82, 2.24) is 0 Å². The average molecular weight is 339 g/mol. The fraction of sp³-hybridized carbons (Fsp3) is 0.150. The molecule has 3 nitrogen and oxygen atoms in total. The molecule has 0 amide bonds. The molecule has 3 aromatic carbocycles. The molecule has 0 bridgehead atoms. The van der Waals surface area contributed by atoms with E-state index in [1.807, 2.05) is 72.8 Å². The highest BCUT2D eigenvalue weighted by atomic mass is 31.2. The number of rotatable bonds is 5. The van der Waals surface area contributed by atoms with Crippen molar-refractivity contribution in [3.05, 3.63) is 90.8 Å². The molecule has 0 saturated carbocycles. The summed E-state index contributed by atoms with van der Waals surface area (Å²) in [5.74, 6) is 0. The van der Waals surface area contributed by atoms with Crippen LogP contribution in [-0.2, 0) is 20.9 Å². The SMILES string of the molecule is [CH2]C(C)(OP(=O)(O)Cc1ccccc1)c1ccc2ccccc2c1. The smallest absolute Gasteiger partial charge is 0.324 e. The Balaban J connectivity index is 1.84. The van der Waals surface area contributed by atoms with E-state index in [9.17, 15) is 9.46 Å². The molecule has 0 aliphatic rings. The van der Waals surface area contributed by atoms with Crippen LogP contribution in [0.1, 0.15) is 18.1 Å². The average Bonchev–Trinajstić information content (AvgIpc) is 2.54. The van der Waals surface area contributed by atoms with E-state index in [0.717, 1.165) is 21.9 Å². The summed E-state index contributed by atoms with van der Waals surface area (Å²) in [6.07, 6.45) is -0.0352. The first-order valence-electron chi connectivity index (χ1n) is 7.77. The monoisotopic (exact) mass is 339 g/mol. The van der Waals surface area contributed by atoms with Crippen molar-refractivity contribution < 1.29 is 14.0 Å². The lowest BCUT2D eigenvalue weighted by atomic mass is 9.96. The molecule has 0 spiro atoms. The Kier molecular flexibility index (Phi) is 4.60. The second-order valence-corrected chi connectivity index (χ2v) is 7.94. The summed E-state index contributed by atoms with van der Waals surface area (Å²) in [4.78, 5) is 10.3. The number of hydrogen-bond donors (Lipinski definition) is 1. The lowest BCUT2D eigenvalue weighted by molar-refractivity contribution is 0.116. The third-order valence-electron chi connectivity index (χ3n) is 3.93. The summed E-state index contributed by atoms with van der Waals surface area (Å²) < 4.78 is 18.1. The van der Waals surface area contributed by atoms with E-state index in [0.29, 0.717) is 0 Å². The highest BCUT2D eigenvalue weighted by Gasteiger charge is 2.32. The largest absolute Gasteiger partial charge is 0.333 e. The normalized spacial score (nSPS) is 14.5. The van der Waals surface area contributed by atoms with Crippen LogP contribution in [0, 0.1) is 6.92 Å². The molecule has 1 radical (unpaired) electrons. The molecule has 4 heteroatoms. The lowest BCUT2D eigenvalue weighted by Gasteiger charge is -2.28. The zero-order valence-electron chi connectivity index (χ0n) is 13.6. The predicted molar refractivity (Wildman–Crippen MR) is 97.7 cm³/mol. The summed E-state index contributed by atoms with van der Waals surface area (Å²) >= 11 is 0. The van der Waals surface area contributed by atoms with Gasteiger partial charge in [-0.05, 0) is 41.8 Å². The van der Waals surface area contributed by atoms with Crippen LogP contribution < -0.4 is 0 Å². The zero-order valence-corrected chi connectivity index (χ0v) is 14.4. The minimum absolute atomic E-state index is 0.0352. The Morgan fingerprint density at radius 3 is 2.33 bits per heavy atom. The minimum atomic E-state index is -3.82. The van der Waals surface area contributed by atoms with Gasteiger partial charge in [-0.1, -0.05) is 66.7 Å². The summed E-state index contributed by atoms with van der Waals surface area (Å²) in [5, 5.41) is 2.15. The van der Waals surface area contributed by atoms with Gasteiger partial charge in [0.25, 0.3) is 0 Å². The molecule has 3 aromatic rings. The van der Waals surface area contributed by atoms with Crippen molar-refractivity contribution in [2.75, 3.05) is 0 Å². The van der Waals surface area contributed by atoms with Crippen LogP contribution in [0.5, 0.6) is 0 Å². The van der Waals surface area contributed by atoms with E-state index in [1.165, 1.54) is 0 Å². The van der Waals surface area contributed by atoms with Gasteiger partial charge in [-0.15, -0.1) is 0 Å². The molecule has 1 N–H and O–H groups in total. The topological polar surface area (TPSA) is 46.5 Å². The van der Waals surface area contributed by atoms with E-state index in [-0.39, 0.29) is 6.16 Å². The molecule has 0 aromatic heterocycles. The maximum Gasteiger partial charge on any atom is 0.333 e. The Morgan fingerprint density at radius 2 is 1.62 bits per heavy atom. The van der Waals surface area contributed by atoms with Crippen LogP contribution in [0.3, 0.4) is 0 Å². The van der Waals surface area contributed by atoms with Crippen molar-refractivity contribution in [3.63, 3.8) is 0 Å². The zero-order chi connectivity index (χ0) is 17.2. The van der Waals surface area contributed by atoms with E-state index < -0.39 is 13.2 Å². The Labute approximate surface area is 142 Å². The van der Waals surface area contributed by atoms with Gasteiger partial charge in [0.15, 0.2) is 0 Å². The van der Waals surface area contributed by atoms with Crippen LogP contribution in [0.4, 0.5) is 0 Å². The fourth-order valence-electron chi connectivity index (χ4n) is 2.73. The maximum atomic E-state index is 12.5. The van der Waals surface area contributed by atoms with Crippen LogP contribution in [0.15, 0.2) is 72.8 Å². The highest BCUT2D eigenvalue weighted by Crippen LogP contribution is 2.51. The van der Waals surface area contributed by atoms with Gasteiger partial charge in [0.2, 0.25) is 0 Å². The molecule has 2 unspecified atom stereocenters. The van der Waals surface area contributed by atoms with Gasteiger partial charge in [0.1, 0.15) is 5.60 Å². The molecule has 123 valence electrons. The molecule has 0 heterocycles. The predicted octanol–water partition coefficient (Wildman–Crippen LogP) is 5.29. The summed E-state index contributed by atoms with van der Waals surface area (Å²) in [6.45, 7) is 5.73. The number of benzene rings is 3. The second kappa shape index (κ2) is 6.52. The third-order valence-corrected chi connectivity index (χ3v) is 5.38. The van der Waals surface area contributed by atoms with Crippen molar-refractivity contribution in [2.24, 2.45) is 0 Å². The molecular weight excluding hydrogens is 319 g/mol. The third kappa shape index (κ3) is 3.93. The first kappa shape index (κ1) is 16.9. The number of fused-ring (bicyclic) bond motifs is 1. The van der Waals surface area contributed by atoms with Crippen molar-refractivity contribution in [2.45, 2.75) is 18.7 Å². The van der Waals surface area contributed by atoms with Gasteiger partial charge in [-0.3, -0.25) is 9.09 Å². The van der Waals surface area contributed by atoms with E-state index in [2.05, 4.69) is 6.92 Å². The second-order valence-electron chi connectivity index (χ2n) is 6.17. The molecule has 2 atom stereocenters. The Morgan fingerprint density at radius 1 is 1.00 bits per heavy atom. The molecule has 0 aliphatic heterocycles. The van der Waals surface area contributed by atoms with Gasteiger partial charge in [0.05, 0.1) is 6.16 Å². The highest BCUT2D eigenvalue weighted by molar-refractivity contribution is 7.52. The number of hydrogen-bond acceptors (Lipinski definition) is 2. The van der Waals surface area contributed by atoms with Gasteiger partial charge in [-0.25, -0.2) is 0 Å². The lowest BCUT2D eigenvalue weighted by Crippen LogP contribution is -2.21. The van der Waals surface area contributed by atoms with Gasteiger partial charge < -0.3 is 4.89 Å². The minimum Gasteiger partial charge on any atom is -0.324 e. The maximum absolute atomic E-state index is 12.5. The summed E-state index contributed by atoms with van der Waals surface area (Å²) in [6, 6.07) is 22.9. The Bertz CT molecular complexity index is 888. The van der Waals surface area contributed by atoms with E-state index >= 15 is 0 Å². The quantitative estimate of drug-likeness (QED) is 0.642. The standard InChI is InChI=1S/C20H20O3P/c1-20(2,19-13-12-17-10-6-7-11-18(17)14-19)23-24(21,22)15-16-8-4-3-5-9-16/h3-14H,1,15H2,2H3,(H,21,22). The fourth-order valence-corrected chi connectivity index (χ4v) is 4.20. The van der Waals surface area contributed by atoms with Crippen LogP contribution >= 0.6 is 7.60 Å². The van der Waals surface area contributed by atoms with Gasteiger partial charge in [0, 0.05) is 0 Å². The van der Waals surface area contributed by atoms with Crippen LogP contribution in [0.2, 0.25) is 0 Å². The first-order valence-corrected chi connectivity index (χ1v) is 9.53. The van der Waals surface area contributed by atoms with Crippen molar-refractivity contribution >= 4 is 18.4 Å². The molecule has 0 aliphatic carbocycles. The van der Waals surface area contributed by atoms with E-state index in [1.54, 1.807) is 6.92 Å². The van der Waals surface area contributed by atoms with Crippen LogP contribution in [0.25, 0.3) is 10.8 Å². The molecule has 3 rings (SSSR count). The Hall–Kier alpha value is -1.93. The summed E-state index contributed by atoms with van der Waals surface area (Å²) in [7, 11) is -3.82. The molecule has 0 saturated heterocycles. The summed E-state index contributed by atoms with van der Waals surface area (Å²) in [5.41, 5.74) is 0.421.